The number of nitrogens with zero attached hydrogens (tertiary/aromatic N) is 1. The Hall–Kier alpha value is -1.87. The summed E-state index contributed by atoms with van der Waals surface area (Å²) >= 11 is 1.06. The van der Waals surface area contributed by atoms with Crippen LogP contribution in [0.15, 0.2) is 33.6 Å². The van der Waals surface area contributed by atoms with Gasteiger partial charge in [0.15, 0.2) is 0 Å². The molecule has 2 rings (SSSR count). The number of hydrogen-bond acceptors (Lipinski definition) is 7. The van der Waals surface area contributed by atoms with Gasteiger partial charge in [0.2, 0.25) is 0 Å². The lowest BCUT2D eigenvalue weighted by Crippen LogP contribution is -2.33. The predicted octanol–water partition coefficient (Wildman–Crippen LogP) is 2.19. The summed E-state index contributed by atoms with van der Waals surface area (Å²) in [6.45, 7) is 5.43. The van der Waals surface area contributed by atoms with Crippen molar-refractivity contribution < 1.29 is 27.5 Å². The zero-order chi connectivity index (χ0) is 19.3. The average Bonchev–Trinajstić information content (AvgIpc) is 2.98. The van der Waals surface area contributed by atoms with E-state index < -0.39 is 33.8 Å². The highest BCUT2D eigenvalue weighted by Crippen LogP contribution is 2.36. The number of carbonyl (C=O) groups excluding carboxylic acids is 2. The van der Waals surface area contributed by atoms with Crippen LogP contribution >= 0.6 is 11.8 Å². The van der Waals surface area contributed by atoms with E-state index in [0.29, 0.717) is 0 Å². The van der Waals surface area contributed by atoms with Crippen molar-refractivity contribution in [3.05, 3.63) is 29.8 Å². The molecule has 0 radical (unpaired) electrons. The van der Waals surface area contributed by atoms with E-state index in [4.69, 9.17) is 9.47 Å². The number of hydrogen-bond donors (Lipinski definition) is 0. The first-order valence-corrected chi connectivity index (χ1v) is 10.6. The van der Waals surface area contributed by atoms with Gasteiger partial charge in [-0.25, -0.2) is 0 Å². The molecule has 2 atom stereocenters. The van der Waals surface area contributed by atoms with Gasteiger partial charge in [-0.05, 0) is 32.9 Å². The highest BCUT2D eigenvalue weighted by Gasteiger charge is 2.46. The van der Waals surface area contributed by atoms with Crippen molar-refractivity contribution in [2.75, 3.05) is 19.0 Å². The van der Waals surface area contributed by atoms with Gasteiger partial charge in [-0.3, -0.25) is 9.59 Å². The third-order valence-corrected chi connectivity index (χ3v) is 6.33. The highest BCUT2D eigenvalue weighted by molar-refractivity contribution is 8.15. The van der Waals surface area contributed by atoms with Gasteiger partial charge < -0.3 is 9.47 Å². The van der Waals surface area contributed by atoms with E-state index >= 15 is 0 Å². The van der Waals surface area contributed by atoms with Gasteiger partial charge in [0, 0.05) is 5.75 Å². The zero-order valence-corrected chi connectivity index (χ0v) is 16.4. The molecule has 1 aliphatic heterocycles. The lowest BCUT2D eigenvalue weighted by Gasteiger charge is -2.16. The van der Waals surface area contributed by atoms with Gasteiger partial charge in [-0.2, -0.15) is 12.8 Å². The molecule has 142 valence electrons. The second kappa shape index (κ2) is 8.68. The van der Waals surface area contributed by atoms with Gasteiger partial charge >= 0.3 is 11.9 Å². The third kappa shape index (κ3) is 4.64. The second-order valence-electron chi connectivity index (χ2n) is 5.62. The van der Waals surface area contributed by atoms with Gasteiger partial charge in [0.05, 0.1) is 24.0 Å². The van der Waals surface area contributed by atoms with Crippen LogP contribution in [0.4, 0.5) is 0 Å². The lowest BCUT2D eigenvalue weighted by molar-refractivity contribution is -0.156. The van der Waals surface area contributed by atoms with Crippen LogP contribution in [0.25, 0.3) is 0 Å². The number of aryl methyl sites for hydroxylation is 1. The average molecular weight is 399 g/mol. The summed E-state index contributed by atoms with van der Waals surface area (Å²) in [7, 11) is -4.00. The molecule has 9 heteroatoms. The molecule has 0 aliphatic carbocycles. The minimum Gasteiger partial charge on any atom is -0.466 e. The molecular formula is C17H21NO6S2. The van der Waals surface area contributed by atoms with Crippen LogP contribution in [0, 0.1) is 18.8 Å². The summed E-state index contributed by atoms with van der Waals surface area (Å²) in [4.78, 5) is 24.5. The van der Waals surface area contributed by atoms with Gasteiger partial charge in [0.25, 0.3) is 10.0 Å². The van der Waals surface area contributed by atoms with E-state index in [1.54, 1.807) is 26.0 Å². The first-order valence-electron chi connectivity index (χ1n) is 8.17. The Kier molecular flexibility index (Phi) is 6.82. The Morgan fingerprint density at radius 2 is 1.69 bits per heavy atom. The van der Waals surface area contributed by atoms with Crippen molar-refractivity contribution >= 4 is 38.8 Å². The Bertz CT molecular complexity index is 801. The van der Waals surface area contributed by atoms with Crippen LogP contribution in [-0.2, 0) is 29.1 Å². The normalized spacial score (nSPS) is 21.6. The quantitative estimate of drug-likeness (QED) is 0.676. The maximum absolute atomic E-state index is 12.6. The molecule has 0 saturated carbocycles. The van der Waals surface area contributed by atoms with Crippen molar-refractivity contribution in [1.29, 1.82) is 0 Å². The molecule has 1 aromatic rings. The maximum atomic E-state index is 12.6. The maximum Gasteiger partial charge on any atom is 0.316 e. The lowest BCUT2D eigenvalue weighted by atomic mass is 9.95. The van der Waals surface area contributed by atoms with Crippen molar-refractivity contribution in [2.45, 2.75) is 25.7 Å². The fraction of sp³-hybridized carbons (Fsp3) is 0.471. The minimum atomic E-state index is -4.00. The Morgan fingerprint density at radius 1 is 1.12 bits per heavy atom. The Labute approximate surface area is 157 Å². The van der Waals surface area contributed by atoms with Crippen molar-refractivity contribution in [3.8, 4) is 0 Å². The second-order valence-corrected chi connectivity index (χ2v) is 8.26. The number of ether oxygens (including phenoxy) is 2. The molecule has 7 nitrogen and oxygen atoms in total. The summed E-state index contributed by atoms with van der Waals surface area (Å²) in [6, 6.07) is 6.24. The first-order chi connectivity index (χ1) is 12.3. The molecule has 1 aromatic carbocycles. The number of thioether (sulfide) groups is 1. The van der Waals surface area contributed by atoms with Crippen LogP contribution in [0.5, 0.6) is 0 Å². The predicted molar refractivity (Wildman–Crippen MR) is 98.5 cm³/mol. The Morgan fingerprint density at radius 3 is 2.27 bits per heavy atom. The molecule has 1 saturated heterocycles. The SMILES string of the molecule is CCOC(=O)C1CS/C(=N/S(=O)(=O)c2ccc(C)cc2)C1C(=O)OCC. The summed E-state index contributed by atoms with van der Waals surface area (Å²) in [5.74, 6) is -2.90. The van der Waals surface area contributed by atoms with Crippen molar-refractivity contribution in [2.24, 2.45) is 16.2 Å². The van der Waals surface area contributed by atoms with Crippen molar-refractivity contribution in [1.82, 2.24) is 0 Å². The molecule has 2 unspecified atom stereocenters. The smallest absolute Gasteiger partial charge is 0.316 e. The molecule has 1 heterocycles. The van der Waals surface area contributed by atoms with E-state index in [9.17, 15) is 18.0 Å². The minimum absolute atomic E-state index is 0.0263. The first kappa shape index (κ1) is 20.4. The number of esters is 2. The van der Waals surface area contributed by atoms with E-state index in [-0.39, 0.29) is 28.9 Å². The summed E-state index contributed by atoms with van der Waals surface area (Å²) in [5, 5.41) is 0.0575. The summed E-state index contributed by atoms with van der Waals surface area (Å²) in [5.41, 5.74) is 0.915. The Balaban J connectivity index is 2.38. The molecule has 26 heavy (non-hydrogen) atoms. The molecule has 1 fully saturated rings. The molecule has 0 N–H and O–H groups in total. The van der Waals surface area contributed by atoms with Crippen molar-refractivity contribution in [3.63, 3.8) is 0 Å². The molecule has 0 spiro atoms. The van der Waals surface area contributed by atoms with Crippen LogP contribution < -0.4 is 0 Å². The van der Waals surface area contributed by atoms with Gasteiger partial charge in [0.1, 0.15) is 11.0 Å². The van der Waals surface area contributed by atoms with E-state index in [1.165, 1.54) is 12.1 Å². The number of rotatable bonds is 6. The number of benzene rings is 1. The molecule has 0 aromatic heterocycles. The van der Waals surface area contributed by atoms with E-state index in [1.807, 2.05) is 6.92 Å². The van der Waals surface area contributed by atoms with Gasteiger partial charge in [-0.1, -0.05) is 17.7 Å². The molecule has 1 aliphatic rings. The fourth-order valence-electron chi connectivity index (χ4n) is 2.45. The summed E-state index contributed by atoms with van der Waals surface area (Å²) < 4.78 is 39.0. The zero-order valence-electron chi connectivity index (χ0n) is 14.8. The fourth-order valence-corrected chi connectivity index (χ4v) is 5.01. The summed E-state index contributed by atoms with van der Waals surface area (Å²) in [6.07, 6.45) is 0. The monoisotopic (exact) mass is 399 g/mol. The number of carbonyl (C=O) groups is 2. The number of sulfonamides is 1. The molecular weight excluding hydrogens is 378 g/mol. The van der Waals surface area contributed by atoms with Crippen LogP contribution in [-0.4, -0.2) is 44.4 Å². The molecule has 0 amide bonds. The van der Waals surface area contributed by atoms with Crippen LogP contribution in [0.1, 0.15) is 19.4 Å². The third-order valence-electron chi connectivity index (χ3n) is 3.74. The van der Waals surface area contributed by atoms with Gasteiger partial charge in [-0.15, -0.1) is 11.8 Å². The molecule has 0 bridgehead atoms. The van der Waals surface area contributed by atoms with Crippen LogP contribution in [0.3, 0.4) is 0 Å². The standard InChI is InChI=1S/C17H21NO6S2/c1-4-23-16(19)13-10-25-15(14(13)17(20)24-5-2)18-26(21,22)12-8-6-11(3)7-9-12/h6-9,13-14H,4-5,10H2,1-3H3/b18-15+. The highest BCUT2D eigenvalue weighted by atomic mass is 32.2. The van der Waals surface area contributed by atoms with E-state index in [2.05, 4.69) is 4.40 Å². The topological polar surface area (TPSA) is 99.1 Å². The van der Waals surface area contributed by atoms with Crippen LogP contribution in [0.2, 0.25) is 0 Å². The van der Waals surface area contributed by atoms with E-state index in [0.717, 1.165) is 17.3 Å². The largest absolute Gasteiger partial charge is 0.466 e.